The van der Waals surface area contributed by atoms with Crippen molar-refractivity contribution in [3.05, 3.63) is 53.6 Å². The molecule has 39 heavy (non-hydrogen) atoms. The lowest BCUT2D eigenvalue weighted by molar-refractivity contribution is -0.144. The molecule has 3 N–H and O–H groups in total. The molecule has 2 aromatic carbocycles. The predicted octanol–water partition coefficient (Wildman–Crippen LogP) is 3.16. The molecule has 0 aliphatic carbocycles. The molecule has 2 heterocycles. The molecule has 0 unspecified atom stereocenters. The van der Waals surface area contributed by atoms with E-state index in [4.69, 9.17) is 19.9 Å². The zero-order valence-corrected chi connectivity index (χ0v) is 23.0. The second-order valence-corrected chi connectivity index (χ2v) is 10.2. The molecule has 0 radical (unpaired) electrons. The maximum Gasteiger partial charge on any atom is 0.308 e. The molecule has 9 nitrogen and oxygen atoms in total. The first kappa shape index (κ1) is 28.7. The minimum Gasteiger partial charge on any atom is -0.493 e. The number of likely N-dealkylation sites (tertiary alicyclic amines) is 1. The lowest BCUT2D eigenvalue weighted by Crippen LogP contribution is -2.46. The first-order valence-electron chi connectivity index (χ1n) is 13.9. The molecule has 0 spiro atoms. The summed E-state index contributed by atoms with van der Waals surface area (Å²) in [6, 6.07) is 13.0. The molecular formula is C30H41N3O6. The van der Waals surface area contributed by atoms with Gasteiger partial charge in [-0.1, -0.05) is 37.6 Å². The SMILES string of the molecule is CCCCN(CCN)C(=O)CN1C[C@H](c2ccc3c(c2)CCO3)[C@@H](C(=O)O)[C@@H]1CCOc1ccccc1OC. The Morgan fingerprint density at radius 3 is 2.69 bits per heavy atom. The summed E-state index contributed by atoms with van der Waals surface area (Å²) in [5.74, 6) is 0.282. The number of rotatable bonds is 14. The van der Waals surface area contributed by atoms with Crippen LogP contribution in [0.5, 0.6) is 17.2 Å². The zero-order chi connectivity index (χ0) is 27.8. The molecule has 212 valence electrons. The molecule has 1 amide bonds. The standard InChI is InChI=1S/C30H41N3O6/c1-3-4-14-32(15-13-31)28(34)20-33-19-23(21-9-10-25-22(18-21)11-16-38-25)29(30(35)36)24(33)12-17-39-27-8-6-5-7-26(27)37-2/h5-10,18,23-24,29H,3-4,11-17,19-20,31H2,1-2H3,(H,35,36)/t23-,24+,29-/m1/s1. The van der Waals surface area contributed by atoms with E-state index in [1.54, 1.807) is 7.11 Å². The Morgan fingerprint density at radius 1 is 1.18 bits per heavy atom. The van der Waals surface area contributed by atoms with Crippen molar-refractivity contribution in [1.29, 1.82) is 0 Å². The van der Waals surface area contributed by atoms with Gasteiger partial charge in [-0.05, 0) is 42.2 Å². The molecule has 0 saturated carbocycles. The molecule has 4 rings (SSSR count). The van der Waals surface area contributed by atoms with Crippen molar-refractivity contribution in [2.45, 2.75) is 44.6 Å². The summed E-state index contributed by atoms with van der Waals surface area (Å²) in [4.78, 5) is 30.0. The van der Waals surface area contributed by atoms with E-state index in [-0.39, 0.29) is 24.4 Å². The number of carbonyl (C=O) groups excluding carboxylic acids is 1. The highest BCUT2D eigenvalue weighted by atomic mass is 16.5. The van der Waals surface area contributed by atoms with E-state index in [1.165, 1.54) is 0 Å². The van der Waals surface area contributed by atoms with Crippen molar-refractivity contribution in [2.75, 3.05) is 53.0 Å². The van der Waals surface area contributed by atoms with Gasteiger partial charge in [-0.3, -0.25) is 14.5 Å². The summed E-state index contributed by atoms with van der Waals surface area (Å²) in [7, 11) is 1.59. The summed E-state index contributed by atoms with van der Waals surface area (Å²) < 4.78 is 17.1. The topological polar surface area (TPSA) is 115 Å². The van der Waals surface area contributed by atoms with Gasteiger partial charge in [0, 0.05) is 44.6 Å². The Bertz CT molecular complexity index is 1130. The van der Waals surface area contributed by atoms with Crippen LogP contribution in [0.15, 0.2) is 42.5 Å². The highest BCUT2D eigenvalue weighted by Gasteiger charge is 2.47. The number of fused-ring (bicyclic) bond motifs is 1. The average molecular weight is 540 g/mol. The summed E-state index contributed by atoms with van der Waals surface area (Å²) in [6.07, 6.45) is 3.15. The van der Waals surface area contributed by atoms with Crippen molar-refractivity contribution in [3.63, 3.8) is 0 Å². The van der Waals surface area contributed by atoms with Crippen LogP contribution in [-0.2, 0) is 16.0 Å². The van der Waals surface area contributed by atoms with Crippen LogP contribution in [-0.4, -0.2) is 85.9 Å². The fraction of sp³-hybridized carbons (Fsp3) is 0.533. The Hall–Kier alpha value is -3.30. The van der Waals surface area contributed by atoms with Gasteiger partial charge in [0.1, 0.15) is 5.75 Å². The van der Waals surface area contributed by atoms with Crippen LogP contribution >= 0.6 is 0 Å². The predicted molar refractivity (Wildman–Crippen MR) is 149 cm³/mol. The van der Waals surface area contributed by atoms with Crippen LogP contribution in [0.4, 0.5) is 0 Å². The number of ether oxygens (including phenoxy) is 3. The molecule has 3 atom stereocenters. The smallest absolute Gasteiger partial charge is 0.308 e. The van der Waals surface area contributed by atoms with Gasteiger partial charge in [-0.15, -0.1) is 0 Å². The van der Waals surface area contributed by atoms with E-state index in [2.05, 4.69) is 13.0 Å². The van der Waals surface area contributed by atoms with Gasteiger partial charge in [-0.25, -0.2) is 0 Å². The van der Waals surface area contributed by atoms with Gasteiger partial charge >= 0.3 is 5.97 Å². The van der Waals surface area contributed by atoms with Crippen molar-refractivity contribution >= 4 is 11.9 Å². The average Bonchev–Trinajstić information content (AvgIpc) is 3.55. The molecule has 1 saturated heterocycles. The summed E-state index contributed by atoms with van der Waals surface area (Å²) in [5.41, 5.74) is 7.88. The molecule has 2 aliphatic rings. The largest absolute Gasteiger partial charge is 0.493 e. The lowest BCUT2D eigenvalue weighted by Gasteiger charge is -2.29. The third-order valence-corrected chi connectivity index (χ3v) is 7.79. The van der Waals surface area contributed by atoms with Crippen LogP contribution in [0.1, 0.15) is 43.2 Å². The number of carboxylic acids is 1. The van der Waals surface area contributed by atoms with Crippen LogP contribution in [0.2, 0.25) is 0 Å². The molecule has 1 fully saturated rings. The number of benzene rings is 2. The number of nitrogens with two attached hydrogens (primary N) is 1. The Morgan fingerprint density at radius 2 is 1.97 bits per heavy atom. The van der Waals surface area contributed by atoms with Crippen LogP contribution in [0, 0.1) is 5.92 Å². The molecule has 2 aromatic rings. The van der Waals surface area contributed by atoms with Crippen LogP contribution in [0.25, 0.3) is 0 Å². The maximum atomic E-state index is 13.4. The summed E-state index contributed by atoms with van der Waals surface area (Å²) in [6.45, 7) is 5.19. The minimum atomic E-state index is -0.862. The lowest BCUT2D eigenvalue weighted by atomic mass is 9.83. The number of para-hydroxylation sites is 2. The number of methoxy groups -OCH3 is 1. The Balaban J connectivity index is 1.57. The quantitative estimate of drug-likeness (QED) is 0.376. The highest BCUT2D eigenvalue weighted by molar-refractivity contribution is 5.79. The molecule has 0 bridgehead atoms. The van der Waals surface area contributed by atoms with E-state index < -0.39 is 11.9 Å². The van der Waals surface area contributed by atoms with Gasteiger partial charge in [0.25, 0.3) is 0 Å². The minimum absolute atomic E-state index is 0.0170. The second-order valence-electron chi connectivity index (χ2n) is 10.2. The third kappa shape index (κ3) is 6.83. The zero-order valence-electron chi connectivity index (χ0n) is 23.0. The first-order chi connectivity index (χ1) is 19.0. The normalized spacial score (nSPS) is 20.3. The highest BCUT2D eigenvalue weighted by Crippen LogP contribution is 2.41. The van der Waals surface area contributed by atoms with E-state index >= 15 is 0 Å². The van der Waals surface area contributed by atoms with Crippen LogP contribution in [0.3, 0.4) is 0 Å². The molecule has 9 heteroatoms. The van der Waals surface area contributed by atoms with Crippen molar-refractivity contribution in [2.24, 2.45) is 11.7 Å². The molecular weight excluding hydrogens is 498 g/mol. The van der Waals surface area contributed by atoms with Gasteiger partial charge < -0.3 is 30.0 Å². The number of hydrogen-bond acceptors (Lipinski definition) is 7. The molecule has 0 aromatic heterocycles. The number of amides is 1. The second kappa shape index (κ2) is 13.7. The number of aliphatic carboxylic acids is 1. The van der Waals surface area contributed by atoms with Gasteiger partial charge in [0.2, 0.25) is 5.91 Å². The van der Waals surface area contributed by atoms with E-state index in [0.29, 0.717) is 57.3 Å². The summed E-state index contributed by atoms with van der Waals surface area (Å²) in [5, 5.41) is 10.4. The van der Waals surface area contributed by atoms with E-state index in [1.807, 2.05) is 46.2 Å². The van der Waals surface area contributed by atoms with Crippen molar-refractivity contribution in [1.82, 2.24) is 9.80 Å². The maximum absolute atomic E-state index is 13.4. The third-order valence-electron chi connectivity index (χ3n) is 7.79. The van der Waals surface area contributed by atoms with Crippen LogP contribution < -0.4 is 19.9 Å². The van der Waals surface area contributed by atoms with Crippen molar-refractivity contribution < 1.29 is 28.9 Å². The van der Waals surface area contributed by atoms with Gasteiger partial charge in [0.15, 0.2) is 11.5 Å². The Kier molecular flexibility index (Phi) is 10.1. The number of carbonyl (C=O) groups is 2. The fourth-order valence-corrected chi connectivity index (χ4v) is 5.79. The molecule has 2 aliphatic heterocycles. The van der Waals surface area contributed by atoms with E-state index in [0.717, 1.165) is 36.1 Å². The van der Waals surface area contributed by atoms with Gasteiger partial charge in [0.05, 0.1) is 32.8 Å². The van der Waals surface area contributed by atoms with E-state index in [9.17, 15) is 14.7 Å². The summed E-state index contributed by atoms with van der Waals surface area (Å²) >= 11 is 0. The number of unbranched alkanes of at least 4 members (excludes halogenated alkanes) is 1. The first-order valence-corrected chi connectivity index (χ1v) is 13.9. The van der Waals surface area contributed by atoms with Crippen molar-refractivity contribution in [3.8, 4) is 17.2 Å². The van der Waals surface area contributed by atoms with Gasteiger partial charge in [-0.2, -0.15) is 0 Å². The number of hydrogen-bond donors (Lipinski definition) is 2. The monoisotopic (exact) mass is 539 g/mol. The number of nitrogens with zero attached hydrogens (tertiary/aromatic N) is 2. The number of carboxylic acid groups (broad SMARTS) is 1. The Labute approximate surface area is 230 Å². The fourth-order valence-electron chi connectivity index (χ4n) is 5.79.